The predicted molar refractivity (Wildman–Crippen MR) is 336 cm³/mol. The van der Waals surface area contributed by atoms with Crippen molar-refractivity contribution >= 4 is 52.7 Å². The Bertz CT molecular complexity index is 3300. The van der Waals surface area contributed by atoms with E-state index in [9.17, 15) is 39.6 Å². The molecule has 0 saturated heterocycles. The summed E-state index contributed by atoms with van der Waals surface area (Å²) in [7, 11) is 0. The van der Waals surface area contributed by atoms with E-state index >= 15 is 0 Å². The smallest absolute Gasteiger partial charge is 0.339 e. The fourth-order valence-corrected chi connectivity index (χ4v) is 16.9. The minimum absolute atomic E-state index is 0.0355. The molecule has 0 radical (unpaired) electrons. The number of carboxylic acid groups (broad SMARTS) is 4. The normalized spacial score (nSPS) is 23.7. The highest BCUT2D eigenvalue weighted by atomic mass is 35.5. The molecule has 4 fully saturated rings. The molecule has 85 heavy (non-hydrogen) atoms. The zero-order chi connectivity index (χ0) is 60.3. The first-order valence-corrected chi connectivity index (χ1v) is 31.4. The fraction of sp³-hybridized carbons (Fsp3) is 0.425. The van der Waals surface area contributed by atoms with E-state index in [0.29, 0.717) is 79.2 Å². The number of hydrogen-bond acceptors (Lipinski definition) is 6. The molecule has 6 aromatic carbocycles. The average molecular weight is 1190 g/mol. The fourth-order valence-electron chi connectivity index (χ4n) is 16.3. The van der Waals surface area contributed by atoms with Crippen molar-refractivity contribution in [3.05, 3.63) is 182 Å². The topological polar surface area (TPSA) is 168 Å². The number of fused-ring (bicyclic) bond motifs is 5. The van der Waals surface area contributed by atoms with Gasteiger partial charge in [0.25, 0.3) is 0 Å². The van der Waals surface area contributed by atoms with Gasteiger partial charge in [-0.25, -0.2) is 19.2 Å². The van der Waals surface area contributed by atoms with Crippen molar-refractivity contribution in [3.63, 3.8) is 0 Å². The second kappa shape index (κ2) is 26.0. The molecule has 12 heteroatoms. The lowest BCUT2D eigenvalue weighted by Crippen LogP contribution is -2.53. The Morgan fingerprint density at radius 3 is 1.58 bits per heavy atom. The number of halogens is 2. The molecule has 0 spiro atoms. The average Bonchev–Trinajstić information content (AvgIpc) is 2.53. The van der Waals surface area contributed by atoms with Crippen molar-refractivity contribution in [2.24, 2.45) is 58.2 Å². The Labute approximate surface area is 510 Å². The molecular weight excluding hydrogens is 1110 g/mol. The van der Waals surface area contributed by atoms with Crippen LogP contribution < -0.4 is 9.47 Å². The Balaban J connectivity index is 0.896. The Kier molecular flexibility index (Phi) is 18.7. The third-order valence-electron chi connectivity index (χ3n) is 20.7. The van der Waals surface area contributed by atoms with Gasteiger partial charge in [0.15, 0.2) is 11.5 Å². The van der Waals surface area contributed by atoms with Crippen molar-refractivity contribution in [1.82, 2.24) is 0 Å². The highest BCUT2D eigenvalue weighted by Crippen LogP contribution is 2.69. The second-order valence-corrected chi connectivity index (χ2v) is 26.8. The van der Waals surface area contributed by atoms with Crippen LogP contribution in [0.25, 0.3) is 27.8 Å². The maximum absolute atomic E-state index is 13.2. The molecule has 0 aliphatic heterocycles. The Morgan fingerprint density at radius 2 is 1.07 bits per heavy atom. The van der Waals surface area contributed by atoms with Gasteiger partial charge in [0.05, 0.1) is 21.2 Å². The first kappa shape index (κ1) is 61.2. The maximum atomic E-state index is 13.2. The zero-order valence-corrected chi connectivity index (χ0v) is 51.1. The summed E-state index contributed by atoms with van der Waals surface area (Å²) in [6.07, 6.45) is 19.3. The molecule has 4 saturated carbocycles. The summed E-state index contributed by atoms with van der Waals surface area (Å²) in [5.74, 6) is 1.29. The molecule has 4 aliphatic rings. The van der Waals surface area contributed by atoms with Crippen LogP contribution in [0.5, 0.6) is 11.5 Å². The number of allylic oxidation sites excluding steroid dienone is 1. The summed E-state index contributed by atoms with van der Waals surface area (Å²) in [4.78, 5) is 50.3. The Hall–Kier alpha value is -6.88. The van der Waals surface area contributed by atoms with Gasteiger partial charge < -0.3 is 29.9 Å². The van der Waals surface area contributed by atoms with Crippen LogP contribution in [0, 0.1) is 58.2 Å². The Morgan fingerprint density at radius 1 is 0.576 bits per heavy atom. The van der Waals surface area contributed by atoms with Gasteiger partial charge in [-0.1, -0.05) is 168 Å². The number of carboxylic acids is 4. The van der Waals surface area contributed by atoms with Crippen LogP contribution in [0.15, 0.2) is 127 Å². The van der Waals surface area contributed by atoms with Crippen molar-refractivity contribution in [1.29, 1.82) is 0 Å². The molecule has 4 N–H and O–H groups in total. The number of ether oxygens (including phenoxy) is 2. The molecule has 9 atom stereocenters. The van der Waals surface area contributed by atoms with Gasteiger partial charge in [-0.3, -0.25) is 0 Å². The molecule has 10 nitrogen and oxygen atoms in total. The summed E-state index contributed by atoms with van der Waals surface area (Å²) >= 11 is 14.1. The highest BCUT2D eigenvalue weighted by molar-refractivity contribution is 6.33. The molecule has 10 rings (SSSR count). The molecule has 4 aliphatic carbocycles. The first-order valence-electron chi connectivity index (χ1n) is 30.7. The van der Waals surface area contributed by atoms with Crippen molar-refractivity contribution < 1.29 is 49.1 Å². The van der Waals surface area contributed by atoms with Gasteiger partial charge in [-0.05, 0) is 215 Å². The van der Waals surface area contributed by atoms with Crippen molar-refractivity contribution in [3.8, 4) is 33.8 Å². The molecule has 0 bridgehead atoms. The molecule has 0 heterocycles. The van der Waals surface area contributed by atoms with E-state index in [1.54, 1.807) is 109 Å². The van der Waals surface area contributed by atoms with Crippen LogP contribution in [0.3, 0.4) is 0 Å². The van der Waals surface area contributed by atoms with Gasteiger partial charge in [0.1, 0.15) is 24.3 Å². The first-order chi connectivity index (χ1) is 40.7. The number of aromatic carboxylic acids is 4. The zero-order valence-electron chi connectivity index (χ0n) is 49.6. The van der Waals surface area contributed by atoms with Crippen LogP contribution >= 0.6 is 23.2 Å². The van der Waals surface area contributed by atoms with E-state index in [1.807, 2.05) is 0 Å². The third-order valence-corrected chi connectivity index (χ3v) is 21.2. The minimum atomic E-state index is -1.27. The van der Waals surface area contributed by atoms with E-state index in [2.05, 4.69) is 40.7 Å². The summed E-state index contributed by atoms with van der Waals surface area (Å²) in [6, 6.07) is 34.1. The molecule has 0 aromatic heterocycles. The van der Waals surface area contributed by atoms with Crippen LogP contribution in [0.1, 0.15) is 188 Å². The van der Waals surface area contributed by atoms with Gasteiger partial charge in [-0.2, -0.15) is 0 Å². The minimum Gasteiger partial charge on any atom is -0.486 e. The lowest BCUT2D eigenvalue weighted by atomic mass is 9.44. The highest BCUT2D eigenvalue weighted by Gasteiger charge is 2.60. The predicted octanol–water partition coefficient (Wildman–Crippen LogP) is 19.2. The van der Waals surface area contributed by atoms with E-state index in [-0.39, 0.29) is 57.0 Å². The number of benzene rings is 6. The van der Waals surface area contributed by atoms with Crippen LogP contribution in [0.2, 0.25) is 10.0 Å². The standard InChI is InChI=1S/C73H80Cl2O10/c1-43(2)12-10-13-44(3)61-30-31-62-58-29-28-52-36-45(32-34-72(52,4)63(58)33-35-73(61,62)5)14-11-19-53(50-37-59(70(80)81)66(64(74)39-50)84-41-46-20-24-48(25-21-46)54-15-6-8-17-56(54)68(76)77)51-38-60(71(82)83)67(65(75)40-51)85-42-47-22-26-49(27-23-47)55-16-7-9-18-57(55)69(78)79/h6-9,15-27,37-40,43-45,52,58,61-63H,10-14,28-36,41-42H2,1-5H3,(H,76,77)(H,78,79)(H,80,81)(H,82,83)/t44-,45+,52+,58+,61-,62+,63+,72+,73-/m1/s1. The maximum Gasteiger partial charge on any atom is 0.339 e. The molecule has 0 amide bonds. The quantitative estimate of drug-likeness (QED) is 0.0514. The lowest BCUT2D eigenvalue weighted by molar-refractivity contribution is -0.121. The van der Waals surface area contributed by atoms with Gasteiger partial charge in [0.2, 0.25) is 0 Å². The van der Waals surface area contributed by atoms with Gasteiger partial charge in [-0.15, -0.1) is 0 Å². The van der Waals surface area contributed by atoms with E-state index < -0.39 is 23.9 Å². The third kappa shape index (κ3) is 13.0. The molecular formula is C73H80Cl2O10. The lowest BCUT2D eigenvalue weighted by Gasteiger charge is -2.61. The molecule has 0 unspecified atom stereocenters. The number of carbonyl (C=O) groups is 4. The summed E-state index contributed by atoms with van der Waals surface area (Å²) in [5.41, 5.74) is 6.14. The van der Waals surface area contributed by atoms with Crippen molar-refractivity contribution in [2.45, 2.75) is 138 Å². The second-order valence-electron chi connectivity index (χ2n) is 26.0. The van der Waals surface area contributed by atoms with Crippen LogP contribution in [-0.2, 0) is 13.2 Å². The van der Waals surface area contributed by atoms with Crippen LogP contribution in [0.4, 0.5) is 0 Å². The SMILES string of the molecule is CC(C)CCC[C@@H](C)[C@H]1CC[C@H]2[C@@H]3CC[C@H]4C[C@@H](CCC=C(c5cc(Cl)c(OCc6ccc(-c7ccccc7C(=O)O)cc6)c(C(=O)O)c5)c5cc(Cl)c(OCc6ccc(-c7ccccc7C(=O)O)cc6)c(C(=O)O)c5)CC[C@]4(C)[C@H]3CC[C@]12C. The van der Waals surface area contributed by atoms with Crippen LogP contribution in [-0.4, -0.2) is 44.3 Å². The summed E-state index contributed by atoms with van der Waals surface area (Å²) < 4.78 is 12.4. The van der Waals surface area contributed by atoms with E-state index in [4.69, 9.17) is 32.7 Å². The van der Waals surface area contributed by atoms with Crippen molar-refractivity contribution in [2.75, 3.05) is 0 Å². The molecule has 446 valence electrons. The van der Waals surface area contributed by atoms with E-state index in [1.165, 1.54) is 82.8 Å². The number of hydrogen-bond donors (Lipinski definition) is 4. The molecule has 6 aromatic rings. The summed E-state index contributed by atoms with van der Waals surface area (Å²) in [5, 5.41) is 41.2. The van der Waals surface area contributed by atoms with E-state index in [0.717, 1.165) is 48.3 Å². The van der Waals surface area contributed by atoms with Gasteiger partial charge >= 0.3 is 23.9 Å². The largest absolute Gasteiger partial charge is 0.486 e. The monoisotopic (exact) mass is 1190 g/mol. The summed E-state index contributed by atoms with van der Waals surface area (Å²) in [6.45, 7) is 12.5. The van der Waals surface area contributed by atoms with Gasteiger partial charge in [0, 0.05) is 0 Å². The number of rotatable bonds is 22.